The Kier molecular flexibility index (Phi) is 7.71. The molecule has 0 bridgehead atoms. The van der Waals surface area contributed by atoms with Gasteiger partial charge in [-0.2, -0.15) is 4.31 Å². The highest BCUT2D eigenvalue weighted by molar-refractivity contribution is 7.89. The van der Waals surface area contributed by atoms with Crippen LogP contribution in [0, 0.1) is 11.6 Å². The summed E-state index contributed by atoms with van der Waals surface area (Å²) in [7, 11) is -4.19. The van der Waals surface area contributed by atoms with E-state index in [0.717, 1.165) is 27.6 Å². The predicted octanol–water partition coefficient (Wildman–Crippen LogP) is 3.50. The first-order valence-corrected chi connectivity index (χ1v) is 12.1. The number of urea groups is 1. The second-order valence-corrected chi connectivity index (χ2v) is 10.8. The topological polar surface area (TPSA) is 79.0 Å². The summed E-state index contributed by atoms with van der Waals surface area (Å²) in [6, 6.07) is 9.73. The highest BCUT2D eigenvalue weighted by atomic mass is 32.2. The molecule has 0 aliphatic carbocycles. The van der Waals surface area contributed by atoms with Gasteiger partial charge in [0.2, 0.25) is 10.0 Å². The molecule has 2 amide bonds. The van der Waals surface area contributed by atoms with Crippen molar-refractivity contribution in [3.8, 4) is 0 Å². The average molecular weight is 482 g/mol. The Hall–Kier alpha value is -2.56. The van der Waals surface area contributed by atoms with Gasteiger partial charge in [-0.15, -0.1) is 0 Å². The molecule has 1 aliphatic heterocycles. The highest BCUT2D eigenvalue weighted by Crippen LogP contribution is 2.22. The van der Waals surface area contributed by atoms with E-state index < -0.39 is 26.6 Å². The second-order valence-electron chi connectivity index (χ2n) is 8.85. The van der Waals surface area contributed by atoms with Crippen molar-refractivity contribution in [3.63, 3.8) is 0 Å². The number of rotatable bonds is 6. The van der Waals surface area contributed by atoms with Crippen LogP contribution in [0.4, 0.5) is 13.6 Å². The zero-order valence-electron chi connectivity index (χ0n) is 19.0. The fraction of sp³-hybridized carbons (Fsp3) is 0.435. The Balaban J connectivity index is 1.53. The summed E-state index contributed by atoms with van der Waals surface area (Å²) in [5.74, 6) is -1.84. The summed E-state index contributed by atoms with van der Waals surface area (Å²) in [5.41, 5.74) is 1.67. The molecule has 180 valence electrons. The van der Waals surface area contributed by atoms with Crippen molar-refractivity contribution in [1.29, 1.82) is 0 Å². The third-order valence-electron chi connectivity index (χ3n) is 5.14. The van der Waals surface area contributed by atoms with Crippen LogP contribution in [0.1, 0.15) is 31.9 Å². The van der Waals surface area contributed by atoms with E-state index in [1.165, 1.54) is 4.90 Å². The van der Waals surface area contributed by atoms with Crippen LogP contribution in [0.3, 0.4) is 0 Å². The minimum atomic E-state index is -4.19. The Morgan fingerprint density at radius 1 is 1.03 bits per heavy atom. The van der Waals surface area contributed by atoms with E-state index in [9.17, 15) is 22.0 Å². The molecule has 7 nitrogen and oxygen atoms in total. The van der Waals surface area contributed by atoms with Crippen molar-refractivity contribution >= 4 is 16.1 Å². The number of hydrogen-bond donors (Lipinski definition) is 1. The lowest BCUT2D eigenvalue weighted by molar-refractivity contribution is -0.0149. The number of piperazine rings is 1. The number of benzene rings is 2. The van der Waals surface area contributed by atoms with Crippen molar-refractivity contribution < 1.29 is 26.7 Å². The first-order valence-electron chi connectivity index (χ1n) is 10.7. The maximum absolute atomic E-state index is 14.0. The molecule has 2 aromatic carbocycles. The van der Waals surface area contributed by atoms with Gasteiger partial charge in [0.1, 0.15) is 16.5 Å². The van der Waals surface area contributed by atoms with Crippen LogP contribution >= 0.6 is 0 Å². The lowest BCUT2D eigenvalue weighted by Crippen LogP contribution is -2.53. The maximum Gasteiger partial charge on any atom is 0.317 e. The maximum atomic E-state index is 14.0. The average Bonchev–Trinajstić information content (AvgIpc) is 2.77. The van der Waals surface area contributed by atoms with Gasteiger partial charge in [0, 0.05) is 32.7 Å². The van der Waals surface area contributed by atoms with Gasteiger partial charge < -0.3 is 15.0 Å². The third-order valence-corrected chi connectivity index (χ3v) is 7.06. The van der Waals surface area contributed by atoms with Gasteiger partial charge in [0.15, 0.2) is 0 Å². The lowest BCUT2D eigenvalue weighted by atomic mass is 10.1. The van der Waals surface area contributed by atoms with Crippen LogP contribution in [0.25, 0.3) is 0 Å². The smallest absolute Gasteiger partial charge is 0.317 e. The Morgan fingerprint density at radius 2 is 1.70 bits per heavy atom. The van der Waals surface area contributed by atoms with Crippen molar-refractivity contribution in [3.05, 3.63) is 65.2 Å². The molecule has 10 heteroatoms. The normalized spacial score (nSPS) is 15.5. The number of carbonyl (C=O) groups excluding carboxylic acids is 1. The van der Waals surface area contributed by atoms with Crippen molar-refractivity contribution in [2.75, 3.05) is 26.2 Å². The predicted molar refractivity (Wildman–Crippen MR) is 120 cm³/mol. The summed E-state index contributed by atoms with van der Waals surface area (Å²) in [5, 5.41) is 2.84. The molecule has 0 unspecified atom stereocenters. The summed E-state index contributed by atoms with van der Waals surface area (Å²) in [4.78, 5) is 13.4. The Morgan fingerprint density at radius 3 is 2.36 bits per heavy atom. The largest absolute Gasteiger partial charge is 0.371 e. The monoisotopic (exact) mass is 481 g/mol. The van der Waals surface area contributed by atoms with E-state index >= 15 is 0 Å². The molecule has 1 fully saturated rings. The number of halogens is 2. The van der Waals surface area contributed by atoms with Gasteiger partial charge in [0.25, 0.3) is 0 Å². The lowest BCUT2D eigenvalue weighted by Gasteiger charge is -2.34. The Bertz CT molecular complexity index is 1100. The van der Waals surface area contributed by atoms with Crippen molar-refractivity contribution in [2.24, 2.45) is 0 Å². The number of ether oxygens (including phenoxy) is 1. The zero-order valence-corrected chi connectivity index (χ0v) is 19.8. The molecular formula is C23H29F2N3O4S. The van der Waals surface area contributed by atoms with Crippen LogP contribution < -0.4 is 5.32 Å². The second kappa shape index (κ2) is 10.1. The SMILES string of the molecule is CC(C)(C)OCc1cccc(CNC(=O)N2CCN(S(=O)(=O)c3cc(F)ccc3F)CC2)c1. The van der Waals surface area contributed by atoms with Gasteiger partial charge in [-0.25, -0.2) is 22.0 Å². The van der Waals surface area contributed by atoms with Crippen LogP contribution in [0.5, 0.6) is 0 Å². The molecule has 33 heavy (non-hydrogen) atoms. The minimum Gasteiger partial charge on any atom is -0.371 e. The molecular weight excluding hydrogens is 452 g/mol. The summed E-state index contributed by atoms with van der Waals surface area (Å²) in [6.07, 6.45) is 0. The van der Waals surface area contributed by atoms with E-state index in [-0.39, 0.29) is 37.8 Å². The van der Waals surface area contributed by atoms with E-state index in [2.05, 4.69) is 5.32 Å². The minimum absolute atomic E-state index is 0.00860. The van der Waals surface area contributed by atoms with Crippen LogP contribution in [0.2, 0.25) is 0 Å². The highest BCUT2D eigenvalue weighted by Gasteiger charge is 2.32. The molecule has 1 saturated heterocycles. The number of nitrogens with zero attached hydrogens (tertiary/aromatic N) is 2. The van der Waals surface area contributed by atoms with E-state index in [4.69, 9.17) is 4.74 Å². The number of hydrogen-bond acceptors (Lipinski definition) is 4. The molecule has 0 aromatic heterocycles. The van der Waals surface area contributed by atoms with Crippen molar-refractivity contribution in [2.45, 2.75) is 44.4 Å². The van der Waals surface area contributed by atoms with Crippen molar-refractivity contribution in [1.82, 2.24) is 14.5 Å². The fourth-order valence-electron chi connectivity index (χ4n) is 3.36. The third kappa shape index (κ3) is 6.72. The molecule has 0 spiro atoms. The number of carbonyl (C=O) groups is 1. The van der Waals surface area contributed by atoms with Gasteiger partial charge >= 0.3 is 6.03 Å². The summed E-state index contributed by atoms with van der Waals surface area (Å²) >= 11 is 0. The van der Waals surface area contributed by atoms with Gasteiger partial charge in [0.05, 0.1) is 12.2 Å². The van der Waals surface area contributed by atoms with E-state index in [0.29, 0.717) is 19.2 Å². The molecule has 0 atom stereocenters. The first-order chi connectivity index (χ1) is 15.5. The molecule has 1 heterocycles. The zero-order chi connectivity index (χ0) is 24.2. The molecule has 3 rings (SSSR count). The van der Waals surface area contributed by atoms with Crippen LogP contribution in [-0.2, 0) is 27.9 Å². The molecule has 1 N–H and O–H groups in total. The molecule has 1 aliphatic rings. The van der Waals surface area contributed by atoms with Gasteiger partial charge in [-0.3, -0.25) is 0 Å². The van der Waals surface area contributed by atoms with Crippen LogP contribution in [-0.4, -0.2) is 55.4 Å². The van der Waals surface area contributed by atoms with Gasteiger partial charge in [-0.05, 0) is 50.1 Å². The summed E-state index contributed by atoms with van der Waals surface area (Å²) < 4.78 is 59.6. The number of sulfonamides is 1. The molecule has 0 saturated carbocycles. The standard InChI is InChI=1S/C23H29F2N3O4S/c1-23(2,3)32-16-18-6-4-5-17(13-18)15-26-22(29)27-9-11-28(12-10-27)33(30,31)21-14-19(24)7-8-20(21)25/h4-8,13-14H,9-12,15-16H2,1-3H3,(H,26,29). The molecule has 2 aromatic rings. The molecule has 0 radical (unpaired) electrons. The Labute approximate surface area is 193 Å². The fourth-order valence-corrected chi connectivity index (χ4v) is 4.86. The van der Waals surface area contributed by atoms with E-state index in [1.54, 1.807) is 0 Å². The van der Waals surface area contributed by atoms with Crippen LogP contribution in [0.15, 0.2) is 47.4 Å². The van der Waals surface area contributed by atoms with E-state index in [1.807, 2.05) is 45.0 Å². The quantitative estimate of drug-likeness (QED) is 0.685. The number of amides is 2. The van der Waals surface area contributed by atoms with Gasteiger partial charge in [-0.1, -0.05) is 24.3 Å². The first kappa shape index (κ1) is 25.1. The summed E-state index contributed by atoms with van der Waals surface area (Å²) in [6.45, 7) is 6.99. The number of nitrogens with one attached hydrogen (secondary N) is 1.